The molecule has 2 atom stereocenters. The number of likely N-dealkylation sites (tertiary alicyclic amines) is 1. The number of aliphatic hydroxyl groups is 1. The quantitative estimate of drug-likeness (QED) is 0.612. The number of benzene rings is 2. The molecule has 2 heterocycles. The van der Waals surface area contributed by atoms with Crippen LogP contribution in [0.15, 0.2) is 54.6 Å². The highest BCUT2D eigenvalue weighted by Gasteiger charge is 2.29. The first kappa shape index (κ1) is 21.8. The lowest BCUT2D eigenvalue weighted by atomic mass is 10.1. The van der Waals surface area contributed by atoms with Crippen LogP contribution >= 0.6 is 0 Å². The summed E-state index contributed by atoms with van der Waals surface area (Å²) in [6.07, 6.45) is -0.347. The maximum absolute atomic E-state index is 13.1. The number of aromatic amines is 1. The van der Waals surface area contributed by atoms with Crippen molar-refractivity contribution in [2.24, 2.45) is 0 Å². The number of carbonyl (C=O) groups excluding carboxylic acids is 1. The molecule has 32 heavy (non-hydrogen) atoms. The van der Waals surface area contributed by atoms with E-state index in [-0.39, 0.29) is 11.7 Å². The van der Waals surface area contributed by atoms with Crippen molar-refractivity contribution in [3.63, 3.8) is 0 Å². The number of nitrogens with one attached hydrogen (secondary N) is 1. The van der Waals surface area contributed by atoms with Crippen molar-refractivity contribution in [2.45, 2.75) is 32.0 Å². The van der Waals surface area contributed by atoms with Gasteiger partial charge in [0.2, 0.25) is 0 Å². The second kappa shape index (κ2) is 9.82. The van der Waals surface area contributed by atoms with Crippen molar-refractivity contribution in [3.05, 3.63) is 66.1 Å². The van der Waals surface area contributed by atoms with E-state index in [2.05, 4.69) is 10.2 Å². The fourth-order valence-corrected chi connectivity index (χ4v) is 3.73. The standard InChI is InChI=1S/C24H26FN3O4/c1-2-31-18-7-3-16(4-8-18)20-15-21(27-26-20)24(30)28-13-11-22(29)23(12-14-28)32-19-9-5-17(25)6-10-19/h3-10,15,22-23,29H,2,11-14H2,1H3,(H,26,27)/t22-,23-/m0/s1. The third-order valence-electron chi connectivity index (χ3n) is 5.47. The summed E-state index contributed by atoms with van der Waals surface area (Å²) in [6.45, 7) is 3.36. The zero-order chi connectivity index (χ0) is 22.5. The first-order valence-electron chi connectivity index (χ1n) is 10.7. The molecular weight excluding hydrogens is 413 g/mol. The Morgan fingerprint density at radius 3 is 2.53 bits per heavy atom. The summed E-state index contributed by atoms with van der Waals surface area (Å²) in [6, 6.07) is 14.9. The van der Waals surface area contributed by atoms with E-state index in [1.807, 2.05) is 31.2 Å². The number of hydrogen-bond acceptors (Lipinski definition) is 5. The molecule has 1 aliphatic heterocycles. The molecule has 3 aromatic rings. The normalized spacial score (nSPS) is 18.8. The molecule has 1 aromatic heterocycles. The molecule has 0 unspecified atom stereocenters. The van der Waals surface area contributed by atoms with Crippen LogP contribution in [0.5, 0.6) is 11.5 Å². The first-order valence-corrected chi connectivity index (χ1v) is 10.7. The number of amides is 1. The van der Waals surface area contributed by atoms with Crippen molar-refractivity contribution < 1.29 is 23.8 Å². The molecular formula is C24H26FN3O4. The van der Waals surface area contributed by atoms with Crippen LogP contribution in [0.1, 0.15) is 30.3 Å². The van der Waals surface area contributed by atoms with E-state index in [9.17, 15) is 14.3 Å². The van der Waals surface area contributed by atoms with Gasteiger partial charge in [-0.1, -0.05) is 0 Å². The van der Waals surface area contributed by atoms with Crippen molar-refractivity contribution in [2.75, 3.05) is 19.7 Å². The number of nitrogens with zero attached hydrogens (tertiary/aromatic N) is 2. The smallest absolute Gasteiger partial charge is 0.271 e. The van der Waals surface area contributed by atoms with Gasteiger partial charge in [-0.3, -0.25) is 9.89 Å². The summed E-state index contributed by atoms with van der Waals surface area (Å²) in [7, 11) is 0. The van der Waals surface area contributed by atoms with Gasteiger partial charge < -0.3 is 19.5 Å². The zero-order valence-electron chi connectivity index (χ0n) is 17.8. The van der Waals surface area contributed by atoms with Gasteiger partial charge in [0.15, 0.2) is 0 Å². The summed E-state index contributed by atoms with van der Waals surface area (Å²) < 4.78 is 24.4. The summed E-state index contributed by atoms with van der Waals surface area (Å²) in [5.74, 6) is 0.747. The number of ether oxygens (including phenoxy) is 2. The van der Waals surface area contributed by atoms with Crippen LogP contribution in [-0.4, -0.2) is 58.0 Å². The van der Waals surface area contributed by atoms with E-state index < -0.39 is 12.2 Å². The van der Waals surface area contributed by atoms with Crippen LogP contribution in [0, 0.1) is 5.82 Å². The summed E-state index contributed by atoms with van der Waals surface area (Å²) in [5.41, 5.74) is 1.94. The molecule has 1 amide bonds. The van der Waals surface area contributed by atoms with Gasteiger partial charge >= 0.3 is 0 Å². The van der Waals surface area contributed by atoms with Crippen molar-refractivity contribution >= 4 is 5.91 Å². The summed E-state index contributed by atoms with van der Waals surface area (Å²) in [4.78, 5) is 14.7. The van der Waals surface area contributed by atoms with Gasteiger partial charge in [0.05, 0.1) is 18.4 Å². The molecule has 0 radical (unpaired) electrons. The number of hydrogen-bond donors (Lipinski definition) is 2. The lowest BCUT2D eigenvalue weighted by Crippen LogP contribution is -2.32. The minimum Gasteiger partial charge on any atom is -0.494 e. The number of aliphatic hydroxyl groups excluding tert-OH is 1. The Balaban J connectivity index is 1.40. The molecule has 1 fully saturated rings. The number of H-pyrrole nitrogens is 1. The van der Waals surface area contributed by atoms with Gasteiger partial charge in [-0.15, -0.1) is 0 Å². The molecule has 0 spiro atoms. The number of carbonyl (C=O) groups is 1. The van der Waals surface area contributed by atoms with Gasteiger partial charge in [-0.2, -0.15) is 5.10 Å². The maximum atomic E-state index is 13.1. The van der Waals surface area contributed by atoms with Crippen LogP contribution in [0.2, 0.25) is 0 Å². The van der Waals surface area contributed by atoms with Gasteiger partial charge in [-0.25, -0.2) is 4.39 Å². The second-order valence-electron chi connectivity index (χ2n) is 7.67. The van der Waals surface area contributed by atoms with E-state index in [0.717, 1.165) is 11.3 Å². The highest BCUT2D eigenvalue weighted by molar-refractivity contribution is 5.93. The third-order valence-corrected chi connectivity index (χ3v) is 5.47. The van der Waals surface area contributed by atoms with Crippen LogP contribution < -0.4 is 9.47 Å². The number of aromatic nitrogens is 2. The second-order valence-corrected chi connectivity index (χ2v) is 7.67. The summed E-state index contributed by atoms with van der Waals surface area (Å²) >= 11 is 0. The highest BCUT2D eigenvalue weighted by Crippen LogP contribution is 2.24. The molecule has 1 saturated heterocycles. The Kier molecular flexibility index (Phi) is 6.70. The Hall–Kier alpha value is -3.39. The SMILES string of the molecule is CCOc1ccc(-c2cc(C(=O)N3CC[C@H](Oc4ccc(F)cc4)[C@@H](O)CC3)[nH]n2)cc1. The molecule has 0 aliphatic carbocycles. The van der Waals surface area contributed by atoms with Crippen LogP contribution in [0.4, 0.5) is 4.39 Å². The molecule has 2 N–H and O–H groups in total. The number of rotatable bonds is 6. The van der Waals surface area contributed by atoms with Crippen molar-refractivity contribution in [1.29, 1.82) is 0 Å². The Morgan fingerprint density at radius 2 is 1.81 bits per heavy atom. The Labute approximate surface area is 185 Å². The highest BCUT2D eigenvalue weighted by atomic mass is 19.1. The molecule has 0 saturated carbocycles. The van der Waals surface area contributed by atoms with Crippen LogP contribution in [0.25, 0.3) is 11.3 Å². The van der Waals surface area contributed by atoms with Gasteiger partial charge in [-0.05, 0) is 67.9 Å². The molecule has 1 aliphatic rings. The minimum atomic E-state index is -0.723. The zero-order valence-corrected chi connectivity index (χ0v) is 17.8. The average Bonchev–Trinajstić information content (AvgIpc) is 3.22. The molecule has 8 heteroatoms. The molecule has 7 nitrogen and oxygen atoms in total. The predicted molar refractivity (Wildman–Crippen MR) is 117 cm³/mol. The fourth-order valence-electron chi connectivity index (χ4n) is 3.73. The minimum absolute atomic E-state index is 0.177. The molecule has 168 valence electrons. The van der Waals surface area contributed by atoms with E-state index in [0.29, 0.717) is 49.7 Å². The Bertz CT molecular complexity index is 1040. The van der Waals surface area contributed by atoms with Crippen LogP contribution in [-0.2, 0) is 0 Å². The van der Waals surface area contributed by atoms with Gasteiger partial charge in [0.25, 0.3) is 5.91 Å². The monoisotopic (exact) mass is 439 g/mol. The fraction of sp³-hybridized carbons (Fsp3) is 0.333. The van der Waals surface area contributed by atoms with E-state index >= 15 is 0 Å². The topological polar surface area (TPSA) is 87.7 Å². The largest absolute Gasteiger partial charge is 0.494 e. The van der Waals surface area contributed by atoms with E-state index in [1.54, 1.807) is 11.0 Å². The molecule has 2 aromatic carbocycles. The Morgan fingerprint density at radius 1 is 1.12 bits per heavy atom. The van der Waals surface area contributed by atoms with Gasteiger partial charge in [0.1, 0.15) is 29.1 Å². The van der Waals surface area contributed by atoms with E-state index in [4.69, 9.17) is 9.47 Å². The van der Waals surface area contributed by atoms with Crippen LogP contribution in [0.3, 0.4) is 0 Å². The van der Waals surface area contributed by atoms with Crippen molar-refractivity contribution in [1.82, 2.24) is 15.1 Å². The third kappa shape index (κ3) is 5.08. The lowest BCUT2D eigenvalue weighted by Gasteiger charge is -2.21. The summed E-state index contributed by atoms with van der Waals surface area (Å²) in [5, 5.41) is 17.6. The van der Waals surface area contributed by atoms with Gasteiger partial charge in [0, 0.05) is 25.1 Å². The average molecular weight is 439 g/mol. The molecule has 0 bridgehead atoms. The van der Waals surface area contributed by atoms with E-state index in [1.165, 1.54) is 24.3 Å². The molecule has 4 rings (SSSR count). The predicted octanol–water partition coefficient (Wildman–Crippen LogP) is 3.66. The number of halogens is 1. The maximum Gasteiger partial charge on any atom is 0.271 e. The first-order chi connectivity index (χ1) is 15.5. The lowest BCUT2D eigenvalue weighted by molar-refractivity contribution is 0.0349. The van der Waals surface area contributed by atoms with Crippen molar-refractivity contribution in [3.8, 4) is 22.8 Å².